The normalized spacial score (nSPS) is 16.9. The standard InChI is InChI=1S/C21H28N2O3S/c1-17(12-16-26-19-6-8-20(9-7-19)27(2,24)25)18-10-14-23(15-11-18)21-5-3-4-13-22-21/h3-9,13,17-18H,10-12,14-16H2,1-2H3/t17-/m1/s1. The van der Waals surface area contributed by atoms with E-state index < -0.39 is 9.84 Å². The van der Waals surface area contributed by atoms with E-state index in [1.54, 1.807) is 24.3 Å². The first-order valence-electron chi connectivity index (χ1n) is 9.52. The van der Waals surface area contributed by atoms with Crippen LogP contribution in [0.25, 0.3) is 0 Å². The van der Waals surface area contributed by atoms with Gasteiger partial charge in [-0.2, -0.15) is 0 Å². The van der Waals surface area contributed by atoms with Gasteiger partial charge in [0.15, 0.2) is 9.84 Å². The largest absolute Gasteiger partial charge is 0.494 e. The molecule has 1 aromatic carbocycles. The minimum absolute atomic E-state index is 0.322. The Balaban J connectivity index is 1.42. The van der Waals surface area contributed by atoms with Crippen molar-refractivity contribution in [2.45, 2.75) is 31.1 Å². The lowest BCUT2D eigenvalue weighted by Gasteiger charge is -2.35. The number of sulfone groups is 1. The van der Waals surface area contributed by atoms with E-state index in [1.807, 2.05) is 18.3 Å². The predicted octanol–water partition coefficient (Wildman–Crippen LogP) is 3.81. The summed E-state index contributed by atoms with van der Waals surface area (Å²) in [7, 11) is -3.16. The average molecular weight is 389 g/mol. The Morgan fingerprint density at radius 2 is 1.85 bits per heavy atom. The first-order valence-corrected chi connectivity index (χ1v) is 11.4. The third-order valence-corrected chi connectivity index (χ3v) is 6.54. The Labute approximate surface area is 162 Å². The number of anilines is 1. The fourth-order valence-corrected chi connectivity index (χ4v) is 4.25. The van der Waals surface area contributed by atoms with Crippen molar-refractivity contribution in [3.8, 4) is 5.75 Å². The number of ether oxygens (including phenoxy) is 1. The summed E-state index contributed by atoms with van der Waals surface area (Å²) in [5.41, 5.74) is 0. The molecule has 0 aliphatic carbocycles. The van der Waals surface area contributed by atoms with Crippen LogP contribution in [0.3, 0.4) is 0 Å². The molecule has 6 heteroatoms. The molecule has 0 amide bonds. The number of pyridine rings is 1. The predicted molar refractivity (Wildman–Crippen MR) is 108 cm³/mol. The number of hydrogen-bond acceptors (Lipinski definition) is 5. The van der Waals surface area contributed by atoms with E-state index in [9.17, 15) is 8.42 Å². The van der Waals surface area contributed by atoms with Crippen LogP contribution in [0, 0.1) is 11.8 Å². The van der Waals surface area contributed by atoms with Crippen LogP contribution in [0.1, 0.15) is 26.2 Å². The molecule has 2 aromatic rings. The zero-order valence-corrected chi connectivity index (χ0v) is 16.9. The quantitative estimate of drug-likeness (QED) is 0.722. The van der Waals surface area contributed by atoms with Crippen LogP contribution < -0.4 is 9.64 Å². The lowest BCUT2D eigenvalue weighted by Crippen LogP contribution is -2.36. The van der Waals surface area contributed by atoms with Gasteiger partial charge in [0.25, 0.3) is 0 Å². The summed E-state index contributed by atoms with van der Waals surface area (Å²) in [6.07, 6.45) is 6.43. The van der Waals surface area contributed by atoms with Crippen LogP contribution in [0.2, 0.25) is 0 Å². The molecule has 1 fully saturated rings. The molecule has 5 nitrogen and oxygen atoms in total. The van der Waals surface area contributed by atoms with Crippen LogP contribution in [0.4, 0.5) is 5.82 Å². The molecular formula is C21H28N2O3S. The molecule has 1 aliphatic heterocycles. The third-order valence-electron chi connectivity index (χ3n) is 5.41. The maximum absolute atomic E-state index is 11.5. The molecule has 27 heavy (non-hydrogen) atoms. The van der Waals surface area contributed by atoms with E-state index in [1.165, 1.54) is 19.1 Å². The van der Waals surface area contributed by atoms with Crippen molar-refractivity contribution in [2.75, 3.05) is 30.9 Å². The Hall–Kier alpha value is -2.08. The zero-order chi connectivity index (χ0) is 19.3. The van der Waals surface area contributed by atoms with E-state index in [-0.39, 0.29) is 0 Å². The summed E-state index contributed by atoms with van der Waals surface area (Å²) in [5, 5.41) is 0. The second kappa shape index (κ2) is 8.74. The smallest absolute Gasteiger partial charge is 0.175 e. The Morgan fingerprint density at radius 3 is 2.44 bits per heavy atom. The Morgan fingerprint density at radius 1 is 1.15 bits per heavy atom. The van der Waals surface area contributed by atoms with Crippen molar-refractivity contribution in [1.29, 1.82) is 0 Å². The molecule has 1 aromatic heterocycles. The molecule has 0 unspecified atom stereocenters. The molecule has 3 rings (SSSR count). The number of piperidine rings is 1. The molecule has 0 spiro atoms. The van der Waals surface area contributed by atoms with Crippen LogP contribution in [0.15, 0.2) is 53.6 Å². The number of aromatic nitrogens is 1. The Kier molecular flexibility index (Phi) is 6.37. The van der Waals surface area contributed by atoms with Crippen LogP contribution in [-0.2, 0) is 9.84 Å². The number of hydrogen-bond donors (Lipinski definition) is 0. The van der Waals surface area contributed by atoms with Gasteiger partial charge in [-0.1, -0.05) is 13.0 Å². The van der Waals surface area contributed by atoms with Gasteiger partial charge in [0.1, 0.15) is 11.6 Å². The van der Waals surface area contributed by atoms with Crippen molar-refractivity contribution in [1.82, 2.24) is 4.98 Å². The highest BCUT2D eigenvalue weighted by Gasteiger charge is 2.24. The lowest BCUT2D eigenvalue weighted by atomic mass is 9.84. The molecule has 0 saturated carbocycles. The minimum Gasteiger partial charge on any atom is -0.494 e. The van der Waals surface area contributed by atoms with Crippen molar-refractivity contribution < 1.29 is 13.2 Å². The van der Waals surface area contributed by atoms with Gasteiger partial charge in [0.05, 0.1) is 11.5 Å². The van der Waals surface area contributed by atoms with Gasteiger partial charge in [-0.15, -0.1) is 0 Å². The van der Waals surface area contributed by atoms with Crippen molar-refractivity contribution >= 4 is 15.7 Å². The maximum Gasteiger partial charge on any atom is 0.175 e. The Bertz CT molecular complexity index is 814. The molecule has 1 saturated heterocycles. The molecule has 2 heterocycles. The molecule has 1 aliphatic rings. The number of benzene rings is 1. The second-order valence-electron chi connectivity index (χ2n) is 7.37. The highest BCUT2D eigenvalue weighted by molar-refractivity contribution is 7.90. The summed E-state index contributed by atoms with van der Waals surface area (Å²) in [4.78, 5) is 7.13. The topological polar surface area (TPSA) is 59.5 Å². The molecule has 0 radical (unpaired) electrons. The van der Waals surface area contributed by atoms with Crippen LogP contribution >= 0.6 is 0 Å². The van der Waals surface area contributed by atoms with Crippen molar-refractivity contribution in [3.63, 3.8) is 0 Å². The van der Waals surface area contributed by atoms with Crippen molar-refractivity contribution in [3.05, 3.63) is 48.7 Å². The summed E-state index contributed by atoms with van der Waals surface area (Å²) >= 11 is 0. The van der Waals surface area contributed by atoms with E-state index in [2.05, 4.69) is 22.9 Å². The van der Waals surface area contributed by atoms with Gasteiger partial charge in [-0.25, -0.2) is 13.4 Å². The van der Waals surface area contributed by atoms with Crippen molar-refractivity contribution in [2.24, 2.45) is 11.8 Å². The van der Waals surface area contributed by atoms with Gasteiger partial charge < -0.3 is 9.64 Å². The fourth-order valence-electron chi connectivity index (χ4n) is 3.62. The summed E-state index contributed by atoms with van der Waals surface area (Å²) in [6.45, 7) is 5.07. The first kappa shape index (κ1) is 19.7. The van der Waals surface area contributed by atoms with Crippen LogP contribution in [0.5, 0.6) is 5.75 Å². The van der Waals surface area contributed by atoms with Gasteiger partial charge in [0, 0.05) is 25.5 Å². The molecule has 0 N–H and O–H groups in total. The summed E-state index contributed by atoms with van der Waals surface area (Å²) < 4.78 is 28.8. The molecule has 1 atom stereocenters. The van der Waals surface area contributed by atoms with E-state index in [0.717, 1.165) is 31.1 Å². The van der Waals surface area contributed by atoms with E-state index >= 15 is 0 Å². The molecular weight excluding hydrogens is 360 g/mol. The van der Waals surface area contributed by atoms with Gasteiger partial charge in [-0.3, -0.25) is 0 Å². The third kappa shape index (κ3) is 5.45. The lowest BCUT2D eigenvalue weighted by molar-refractivity contribution is 0.223. The minimum atomic E-state index is -3.16. The summed E-state index contributed by atoms with van der Waals surface area (Å²) in [6, 6.07) is 12.7. The molecule has 146 valence electrons. The fraction of sp³-hybridized carbons (Fsp3) is 0.476. The van der Waals surface area contributed by atoms with Gasteiger partial charge in [-0.05, 0) is 67.5 Å². The highest BCUT2D eigenvalue weighted by atomic mass is 32.2. The van der Waals surface area contributed by atoms with E-state index in [0.29, 0.717) is 23.3 Å². The highest BCUT2D eigenvalue weighted by Crippen LogP contribution is 2.29. The maximum atomic E-state index is 11.5. The van der Waals surface area contributed by atoms with E-state index in [4.69, 9.17) is 4.74 Å². The monoisotopic (exact) mass is 388 g/mol. The second-order valence-corrected chi connectivity index (χ2v) is 9.39. The summed E-state index contributed by atoms with van der Waals surface area (Å²) in [5.74, 6) is 3.11. The number of nitrogens with zero attached hydrogens (tertiary/aromatic N) is 2. The SMILES string of the molecule is C[C@H](CCOc1ccc(S(C)(=O)=O)cc1)C1CCN(c2ccccn2)CC1. The average Bonchev–Trinajstić information content (AvgIpc) is 2.68. The molecule has 0 bridgehead atoms. The zero-order valence-electron chi connectivity index (χ0n) is 16.0. The number of rotatable bonds is 7. The van der Waals surface area contributed by atoms with Gasteiger partial charge >= 0.3 is 0 Å². The van der Waals surface area contributed by atoms with Gasteiger partial charge in [0.2, 0.25) is 0 Å². The van der Waals surface area contributed by atoms with Crippen LogP contribution in [-0.4, -0.2) is 39.4 Å². The first-order chi connectivity index (χ1) is 12.9.